The standard InChI is InChI=1S/C20H12ClN3O3S/c1-10-22-23-20(28-10)24-16(11-5-3-2-4-6-11)15-17(25)13-9-12(21)7-8-14(13)27-18(15)19(24)26/h2-9,16H,1H3. The number of hydrogen-bond donors (Lipinski definition) is 0. The van der Waals surface area contributed by atoms with Crippen molar-refractivity contribution in [3.63, 3.8) is 0 Å². The Balaban J connectivity index is 1.84. The average molecular weight is 410 g/mol. The molecule has 2 aromatic carbocycles. The van der Waals surface area contributed by atoms with Crippen LogP contribution in [-0.4, -0.2) is 16.1 Å². The lowest BCUT2D eigenvalue weighted by molar-refractivity contribution is 0.0970. The zero-order valence-corrected chi connectivity index (χ0v) is 16.1. The number of aryl methyl sites for hydroxylation is 1. The first-order chi connectivity index (χ1) is 13.5. The summed E-state index contributed by atoms with van der Waals surface area (Å²) >= 11 is 7.36. The van der Waals surface area contributed by atoms with Gasteiger partial charge in [-0.2, -0.15) is 0 Å². The molecule has 6 nitrogen and oxygen atoms in total. The monoisotopic (exact) mass is 409 g/mol. The van der Waals surface area contributed by atoms with Gasteiger partial charge in [0.2, 0.25) is 10.9 Å². The molecule has 28 heavy (non-hydrogen) atoms. The fraction of sp³-hybridized carbons (Fsp3) is 0.100. The van der Waals surface area contributed by atoms with Crippen LogP contribution >= 0.6 is 22.9 Å². The molecule has 0 radical (unpaired) electrons. The third-order valence-corrected chi connectivity index (χ3v) is 5.74. The van der Waals surface area contributed by atoms with Crippen LogP contribution in [0.15, 0.2) is 57.7 Å². The summed E-state index contributed by atoms with van der Waals surface area (Å²) in [5.41, 5.74) is 1.13. The van der Waals surface area contributed by atoms with Crippen LogP contribution in [-0.2, 0) is 0 Å². The van der Waals surface area contributed by atoms with Crippen molar-refractivity contribution in [2.45, 2.75) is 13.0 Å². The number of amides is 1. The molecule has 0 aliphatic carbocycles. The van der Waals surface area contributed by atoms with E-state index in [1.165, 1.54) is 16.2 Å². The summed E-state index contributed by atoms with van der Waals surface area (Å²) in [5, 5.41) is 10.1. The smallest absolute Gasteiger partial charge is 0.297 e. The summed E-state index contributed by atoms with van der Waals surface area (Å²) in [5.74, 6) is -0.379. The van der Waals surface area contributed by atoms with E-state index in [4.69, 9.17) is 16.0 Å². The summed E-state index contributed by atoms with van der Waals surface area (Å²) in [6.07, 6.45) is 0. The van der Waals surface area contributed by atoms with Crippen molar-refractivity contribution in [3.8, 4) is 0 Å². The molecular formula is C20H12ClN3O3S. The summed E-state index contributed by atoms with van der Waals surface area (Å²) in [4.78, 5) is 28.1. The number of nitrogens with zero attached hydrogens (tertiary/aromatic N) is 3. The summed E-state index contributed by atoms with van der Waals surface area (Å²) in [6.45, 7) is 1.81. The van der Waals surface area contributed by atoms with E-state index in [2.05, 4.69) is 10.2 Å². The third-order valence-electron chi connectivity index (χ3n) is 4.67. The molecule has 3 heterocycles. The van der Waals surface area contributed by atoms with E-state index in [0.29, 0.717) is 26.7 Å². The molecule has 1 amide bonds. The van der Waals surface area contributed by atoms with Gasteiger partial charge in [0.25, 0.3) is 5.91 Å². The predicted molar refractivity (Wildman–Crippen MR) is 107 cm³/mol. The summed E-state index contributed by atoms with van der Waals surface area (Å²) < 4.78 is 5.87. The maximum atomic E-state index is 13.4. The van der Waals surface area contributed by atoms with Gasteiger partial charge in [0.15, 0.2) is 5.43 Å². The number of benzene rings is 2. The van der Waals surface area contributed by atoms with Crippen LogP contribution in [0.2, 0.25) is 5.02 Å². The molecule has 1 unspecified atom stereocenters. The van der Waals surface area contributed by atoms with Gasteiger partial charge >= 0.3 is 0 Å². The average Bonchev–Trinajstić information content (AvgIpc) is 3.24. The Kier molecular flexibility index (Phi) is 3.82. The molecule has 0 fully saturated rings. The second kappa shape index (κ2) is 6.25. The number of fused-ring (bicyclic) bond motifs is 2. The predicted octanol–water partition coefficient (Wildman–Crippen LogP) is 4.36. The zero-order chi connectivity index (χ0) is 19.4. The van der Waals surface area contributed by atoms with Gasteiger partial charge in [0, 0.05) is 5.02 Å². The number of carbonyl (C=O) groups is 1. The minimum absolute atomic E-state index is 0.0292. The third kappa shape index (κ3) is 2.47. The van der Waals surface area contributed by atoms with E-state index < -0.39 is 11.9 Å². The molecule has 0 saturated heterocycles. The lowest BCUT2D eigenvalue weighted by atomic mass is 9.99. The van der Waals surface area contributed by atoms with Crippen molar-refractivity contribution < 1.29 is 9.21 Å². The quantitative estimate of drug-likeness (QED) is 0.491. The number of halogens is 1. The summed E-state index contributed by atoms with van der Waals surface area (Å²) in [7, 11) is 0. The van der Waals surface area contributed by atoms with E-state index >= 15 is 0 Å². The minimum atomic E-state index is -0.643. The first kappa shape index (κ1) is 17.1. The zero-order valence-electron chi connectivity index (χ0n) is 14.5. The Morgan fingerprint density at radius 3 is 2.61 bits per heavy atom. The Morgan fingerprint density at radius 1 is 1.11 bits per heavy atom. The van der Waals surface area contributed by atoms with E-state index in [-0.39, 0.29) is 11.2 Å². The highest BCUT2D eigenvalue weighted by Crippen LogP contribution is 2.42. The van der Waals surface area contributed by atoms with Crippen molar-refractivity contribution in [1.29, 1.82) is 0 Å². The van der Waals surface area contributed by atoms with Crippen LogP contribution in [0.5, 0.6) is 0 Å². The van der Waals surface area contributed by atoms with E-state index in [9.17, 15) is 9.59 Å². The normalized spacial score (nSPS) is 16.0. The SMILES string of the molecule is Cc1nnc(N2C(=O)c3oc4ccc(Cl)cc4c(=O)c3C2c2ccccc2)s1. The van der Waals surface area contributed by atoms with Crippen molar-refractivity contribution in [2.24, 2.45) is 0 Å². The van der Waals surface area contributed by atoms with Crippen LogP contribution in [0.3, 0.4) is 0 Å². The van der Waals surface area contributed by atoms with E-state index in [1.807, 2.05) is 37.3 Å². The van der Waals surface area contributed by atoms with Crippen molar-refractivity contribution in [2.75, 3.05) is 4.90 Å². The van der Waals surface area contributed by atoms with Crippen LogP contribution < -0.4 is 10.3 Å². The highest BCUT2D eigenvalue weighted by Gasteiger charge is 2.45. The number of hydrogen-bond acceptors (Lipinski definition) is 6. The van der Waals surface area contributed by atoms with Crippen LogP contribution in [0.25, 0.3) is 11.0 Å². The molecule has 138 valence electrons. The molecule has 2 aromatic heterocycles. The molecule has 0 N–H and O–H groups in total. The van der Waals surface area contributed by atoms with Gasteiger partial charge in [-0.05, 0) is 30.7 Å². The maximum Gasteiger partial charge on any atom is 0.297 e. The number of aromatic nitrogens is 2. The molecule has 1 aliphatic rings. The second-order valence-electron chi connectivity index (χ2n) is 6.41. The molecule has 1 atom stereocenters. The molecule has 0 spiro atoms. The van der Waals surface area contributed by atoms with Gasteiger partial charge < -0.3 is 4.42 Å². The number of anilines is 1. The highest BCUT2D eigenvalue weighted by molar-refractivity contribution is 7.15. The molecular weight excluding hydrogens is 398 g/mol. The molecule has 0 bridgehead atoms. The number of rotatable bonds is 2. The Hall–Kier alpha value is -3.03. The van der Waals surface area contributed by atoms with Crippen LogP contribution in [0.4, 0.5) is 5.13 Å². The molecule has 5 rings (SSSR count). The van der Waals surface area contributed by atoms with Crippen molar-refractivity contribution in [1.82, 2.24) is 10.2 Å². The van der Waals surface area contributed by atoms with Gasteiger partial charge in [0.1, 0.15) is 10.6 Å². The topological polar surface area (TPSA) is 76.3 Å². The molecule has 4 aromatic rings. The highest BCUT2D eigenvalue weighted by atomic mass is 35.5. The maximum absolute atomic E-state index is 13.4. The first-order valence-corrected chi connectivity index (χ1v) is 9.69. The lowest BCUT2D eigenvalue weighted by Crippen LogP contribution is -2.29. The lowest BCUT2D eigenvalue weighted by Gasteiger charge is -2.21. The van der Waals surface area contributed by atoms with Gasteiger partial charge in [0.05, 0.1) is 17.0 Å². The van der Waals surface area contributed by atoms with E-state index in [0.717, 1.165) is 10.6 Å². The van der Waals surface area contributed by atoms with Crippen molar-refractivity contribution >= 4 is 44.9 Å². The Labute approximate surface area is 168 Å². The Bertz CT molecular complexity index is 1300. The summed E-state index contributed by atoms with van der Waals surface area (Å²) in [6, 6.07) is 13.5. The molecule has 8 heteroatoms. The van der Waals surface area contributed by atoms with Gasteiger partial charge in [-0.3, -0.25) is 14.5 Å². The van der Waals surface area contributed by atoms with Crippen molar-refractivity contribution in [3.05, 3.63) is 85.7 Å². The first-order valence-electron chi connectivity index (χ1n) is 8.49. The van der Waals surface area contributed by atoms with E-state index in [1.54, 1.807) is 18.2 Å². The number of carbonyl (C=O) groups excluding carboxylic acids is 1. The van der Waals surface area contributed by atoms with Gasteiger partial charge in [-0.15, -0.1) is 10.2 Å². The van der Waals surface area contributed by atoms with Crippen LogP contribution in [0.1, 0.15) is 32.7 Å². The molecule has 0 saturated carbocycles. The van der Waals surface area contributed by atoms with Gasteiger partial charge in [-0.1, -0.05) is 53.3 Å². The van der Waals surface area contributed by atoms with Gasteiger partial charge in [-0.25, -0.2) is 0 Å². The minimum Gasteiger partial charge on any atom is -0.450 e. The second-order valence-corrected chi connectivity index (χ2v) is 8.00. The van der Waals surface area contributed by atoms with Crippen LogP contribution in [0, 0.1) is 6.92 Å². The Morgan fingerprint density at radius 2 is 1.89 bits per heavy atom. The fourth-order valence-corrected chi connectivity index (χ4v) is 4.36. The molecule has 1 aliphatic heterocycles. The fourth-order valence-electron chi connectivity index (χ4n) is 3.48. The largest absolute Gasteiger partial charge is 0.450 e.